The highest BCUT2D eigenvalue weighted by Gasteiger charge is 2.49. The molecule has 1 fully saturated rings. The normalized spacial score (nSPS) is 26.2. The molecule has 0 aromatic carbocycles. The van der Waals surface area contributed by atoms with Crippen LogP contribution in [0, 0.1) is 29.6 Å². The van der Waals surface area contributed by atoms with E-state index in [-0.39, 0.29) is 5.91 Å². The molecule has 1 aliphatic carbocycles. The summed E-state index contributed by atoms with van der Waals surface area (Å²) in [6.45, 7) is 6.10. The molecular formula is C13H17N3OS. The third-order valence-electron chi connectivity index (χ3n) is 3.49. The summed E-state index contributed by atoms with van der Waals surface area (Å²) in [7, 11) is 0. The Hall–Kier alpha value is -1.41. The van der Waals surface area contributed by atoms with E-state index < -0.39 is 5.41 Å². The van der Waals surface area contributed by atoms with E-state index in [0.717, 1.165) is 17.0 Å². The highest BCUT2D eigenvalue weighted by atomic mass is 32.1. The van der Waals surface area contributed by atoms with Crippen LogP contribution in [0.4, 0.5) is 5.13 Å². The maximum absolute atomic E-state index is 12.1. The number of anilines is 1. The van der Waals surface area contributed by atoms with Gasteiger partial charge in [0.05, 0.1) is 11.8 Å². The van der Waals surface area contributed by atoms with Crippen LogP contribution in [0.2, 0.25) is 0 Å². The number of carbonyl (C=O) groups is 1. The highest BCUT2D eigenvalue weighted by molar-refractivity contribution is 7.15. The van der Waals surface area contributed by atoms with Gasteiger partial charge in [-0.1, -0.05) is 13.8 Å². The molecule has 1 aromatic rings. The molecule has 0 aliphatic heterocycles. The van der Waals surface area contributed by atoms with Crippen LogP contribution in [0.5, 0.6) is 0 Å². The number of thiazole rings is 1. The molecule has 2 rings (SSSR count). The predicted octanol–water partition coefficient (Wildman–Crippen LogP) is 2.89. The van der Waals surface area contributed by atoms with Crippen molar-refractivity contribution in [3.8, 4) is 6.07 Å². The number of hydrogen-bond acceptors (Lipinski definition) is 4. The van der Waals surface area contributed by atoms with E-state index in [9.17, 15) is 10.1 Å². The molecule has 1 heterocycles. The summed E-state index contributed by atoms with van der Waals surface area (Å²) in [5, 5.41) is 12.6. The van der Waals surface area contributed by atoms with Gasteiger partial charge >= 0.3 is 0 Å². The van der Waals surface area contributed by atoms with Gasteiger partial charge < -0.3 is 5.32 Å². The fraction of sp³-hybridized carbons (Fsp3) is 0.615. The third-order valence-corrected chi connectivity index (χ3v) is 4.42. The van der Waals surface area contributed by atoms with Crippen molar-refractivity contribution in [1.82, 2.24) is 4.98 Å². The van der Waals surface area contributed by atoms with E-state index >= 15 is 0 Å². The van der Waals surface area contributed by atoms with E-state index in [0.29, 0.717) is 23.9 Å². The van der Waals surface area contributed by atoms with E-state index in [1.165, 1.54) is 11.3 Å². The number of nitrogens with zero attached hydrogens (tertiary/aromatic N) is 2. The first-order chi connectivity index (χ1) is 8.50. The molecule has 1 amide bonds. The first kappa shape index (κ1) is 13.0. The first-order valence-electron chi connectivity index (χ1n) is 6.19. The minimum Gasteiger partial charge on any atom is -0.301 e. The van der Waals surface area contributed by atoms with Gasteiger partial charge in [0.25, 0.3) is 0 Å². The van der Waals surface area contributed by atoms with Crippen LogP contribution >= 0.6 is 11.3 Å². The van der Waals surface area contributed by atoms with Crippen molar-refractivity contribution >= 4 is 22.4 Å². The second-order valence-electron chi connectivity index (χ2n) is 5.04. The van der Waals surface area contributed by atoms with Crippen molar-refractivity contribution in [2.24, 2.45) is 11.3 Å². The number of nitrogens with one attached hydrogen (secondary N) is 1. The summed E-state index contributed by atoms with van der Waals surface area (Å²) >= 11 is 1.48. The number of carbonyl (C=O) groups excluding carboxylic acids is 1. The van der Waals surface area contributed by atoms with Crippen molar-refractivity contribution < 1.29 is 4.79 Å². The van der Waals surface area contributed by atoms with Crippen molar-refractivity contribution in [3.05, 3.63) is 10.6 Å². The Kier molecular flexibility index (Phi) is 3.40. The second-order valence-corrected chi connectivity index (χ2v) is 6.24. The molecule has 0 atom stereocenters. The number of hydrogen-bond donors (Lipinski definition) is 1. The smallest absolute Gasteiger partial charge is 0.246 e. The zero-order valence-electron chi connectivity index (χ0n) is 10.9. The van der Waals surface area contributed by atoms with Crippen molar-refractivity contribution in [2.45, 2.75) is 40.0 Å². The Morgan fingerprint density at radius 2 is 2.33 bits per heavy atom. The SMILES string of the molecule is CCc1nc(NC(=O)C2(C#N)CC(C)C2)sc1C. The maximum atomic E-state index is 12.1. The number of rotatable bonds is 3. The number of amides is 1. The third kappa shape index (κ3) is 2.13. The van der Waals surface area contributed by atoms with Gasteiger partial charge in [-0.15, -0.1) is 11.3 Å². The average Bonchev–Trinajstić information content (AvgIpc) is 2.64. The lowest BCUT2D eigenvalue weighted by Gasteiger charge is -2.38. The molecule has 5 heteroatoms. The molecule has 0 unspecified atom stereocenters. The topological polar surface area (TPSA) is 65.8 Å². The lowest BCUT2D eigenvalue weighted by Crippen LogP contribution is -2.45. The minimum atomic E-state index is -0.828. The van der Waals surface area contributed by atoms with E-state index in [2.05, 4.69) is 23.3 Å². The van der Waals surface area contributed by atoms with Crippen LogP contribution in [-0.4, -0.2) is 10.9 Å². The Balaban J connectivity index is 2.09. The number of aromatic nitrogens is 1. The number of nitriles is 1. The Morgan fingerprint density at radius 3 is 2.78 bits per heavy atom. The van der Waals surface area contributed by atoms with E-state index in [4.69, 9.17) is 0 Å². The molecule has 1 aromatic heterocycles. The lowest BCUT2D eigenvalue weighted by atomic mass is 9.63. The van der Waals surface area contributed by atoms with Crippen LogP contribution in [0.1, 0.15) is 37.3 Å². The monoisotopic (exact) mass is 263 g/mol. The quantitative estimate of drug-likeness (QED) is 0.911. The van der Waals surface area contributed by atoms with Crippen molar-refractivity contribution in [2.75, 3.05) is 5.32 Å². The average molecular weight is 263 g/mol. The van der Waals surface area contributed by atoms with Gasteiger partial charge in [0.15, 0.2) is 5.13 Å². The summed E-state index contributed by atoms with van der Waals surface area (Å²) in [4.78, 5) is 17.6. The van der Waals surface area contributed by atoms with Gasteiger partial charge in [-0.2, -0.15) is 5.26 Å². The van der Waals surface area contributed by atoms with Crippen LogP contribution in [0.3, 0.4) is 0 Å². The minimum absolute atomic E-state index is 0.195. The molecule has 18 heavy (non-hydrogen) atoms. The molecule has 0 radical (unpaired) electrons. The van der Waals surface area contributed by atoms with Crippen LogP contribution in [0.15, 0.2) is 0 Å². The van der Waals surface area contributed by atoms with Gasteiger partial charge in [0.2, 0.25) is 5.91 Å². The second kappa shape index (κ2) is 4.69. The molecule has 96 valence electrons. The zero-order valence-corrected chi connectivity index (χ0v) is 11.7. The van der Waals surface area contributed by atoms with Gasteiger partial charge in [-0.05, 0) is 32.1 Å². The Morgan fingerprint density at radius 1 is 1.67 bits per heavy atom. The summed E-state index contributed by atoms with van der Waals surface area (Å²) < 4.78 is 0. The van der Waals surface area contributed by atoms with Crippen LogP contribution in [0.25, 0.3) is 0 Å². The van der Waals surface area contributed by atoms with Crippen molar-refractivity contribution in [1.29, 1.82) is 5.26 Å². The molecule has 1 saturated carbocycles. The standard InChI is InChI=1S/C13H17N3OS/c1-4-10-9(3)18-12(15-10)16-11(17)13(7-14)5-8(2)6-13/h8H,4-6H2,1-3H3,(H,15,16,17). The molecule has 0 bridgehead atoms. The Labute approximate surface area is 111 Å². The lowest BCUT2D eigenvalue weighted by molar-refractivity contribution is -0.128. The fourth-order valence-electron chi connectivity index (χ4n) is 2.48. The molecule has 1 aliphatic rings. The van der Waals surface area contributed by atoms with Gasteiger partial charge in [0, 0.05) is 4.88 Å². The highest BCUT2D eigenvalue weighted by Crippen LogP contribution is 2.45. The maximum Gasteiger partial charge on any atom is 0.246 e. The Bertz CT molecular complexity index is 509. The summed E-state index contributed by atoms with van der Waals surface area (Å²) in [5.41, 5.74) is 0.189. The summed E-state index contributed by atoms with van der Waals surface area (Å²) in [6.07, 6.45) is 2.17. The van der Waals surface area contributed by atoms with Gasteiger partial charge in [0.1, 0.15) is 5.41 Å². The summed E-state index contributed by atoms with van der Waals surface area (Å²) in [6, 6.07) is 2.17. The van der Waals surface area contributed by atoms with Gasteiger partial charge in [-0.3, -0.25) is 4.79 Å². The van der Waals surface area contributed by atoms with Crippen LogP contribution in [-0.2, 0) is 11.2 Å². The summed E-state index contributed by atoms with van der Waals surface area (Å²) in [5.74, 6) is 0.263. The zero-order chi connectivity index (χ0) is 13.3. The first-order valence-corrected chi connectivity index (χ1v) is 7.01. The van der Waals surface area contributed by atoms with Crippen LogP contribution < -0.4 is 5.32 Å². The molecule has 1 N–H and O–H groups in total. The molecule has 0 spiro atoms. The molecule has 0 saturated heterocycles. The molecule has 4 nitrogen and oxygen atoms in total. The van der Waals surface area contributed by atoms with E-state index in [1.807, 2.05) is 13.8 Å². The number of aryl methyl sites for hydroxylation is 2. The molecular weight excluding hydrogens is 246 g/mol. The van der Waals surface area contributed by atoms with Gasteiger partial charge in [-0.25, -0.2) is 4.98 Å². The largest absolute Gasteiger partial charge is 0.301 e. The van der Waals surface area contributed by atoms with E-state index in [1.54, 1.807) is 0 Å². The predicted molar refractivity (Wildman–Crippen MR) is 71.3 cm³/mol. The fourth-order valence-corrected chi connectivity index (χ4v) is 3.38. The van der Waals surface area contributed by atoms with Crippen molar-refractivity contribution in [3.63, 3.8) is 0 Å².